The third-order valence-electron chi connectivity index (χ3n) is 8.22. The summed E-state index contributed by atoms with van der Waals surface area (Å²) in [6.07, 6.45) is 4.44. The lowest BCUT2D eigenvalue weighted by molar-refractivity contribution is 0.0999. The first-order valence-corrected chi connectivity index (χ1v) is 16.2. The molecule has 0 saturated carbocycles. The average molecular weight is 661 g/mol. The fourth-order valence-corrected chi connectivity index (χ4v) is 5.88. The Morgan fingerprint density at radius 1 is 0.596 bits per heavy atom. The number of amides is 1. The number of carbonyl (C=O) groups excluding carboxylic acids is 1. The quantitative estimate of drug-likeness (QED) is 0.162. The van der Waals surface area contributed by atoms with Gasteiger partial charge in [0.25, 0.3) is 0 Å². The average Bonchev–Trinajstić information content (AvgIpc) is 3.06. The van der Waals surface area contributed by atoms with Gasteiger partial charge in [-0.1, -0.05) is 102 Å². The molecule has 5 rings (SSSR count). The molecule has 238 valence electrons. The summed E-state index contributed by atoms with van der Waals surface area (Å²) in [5.74, 6) is -0.825. The molecule has 6 heteroatoms. The zero-order valence-electron chi connectivity index (χ0n) is 27.3. The summed E-state index contributed by atoms with van der Waals surface area (Å²) in [6, 6.07) is 38.5. The molecule has 0 bridgehead atoms. The molecule has 1 amide bonds. The van der Waals surface area contributed by atoms with Crippen LogP contribution < -0.4 is 15.5 Å². The van der Waals surface area contributed by atoms with Gasteiger partial charge in [0, 0.05) is 61.1 Å². The molecule has 2 N–H and O–H groups in total. The van der Waals surface area contributed by atoms with Crippen molar-refractivity contribution >= 4 is 51.6 Å². The minimum Gasteiger partial charge on any atom is -0.378 e. The van der Waals surface area contributed by atoms with Gasteiger partial charge in [-0.15, -0.1) is 0 Å². The summed E-state index contributed by atoms with van der Waals surface area (Å²) >= 11 is 12.7. The molecule has 0 aliphatic heterocycles. The van der Waals surface area contributed by atoms with Gasteiger partial charge in [-0.25, -0.2) is 0 Å². The lowest BCUT2D eigenvalue weighted by atomic mass is 9.84. The highest BCUT2D eigenvalue weighted by Crippen LogP contribution is 2.37. The molecule has 0 heterocycles. The first-order valence-electron chi connectivity index (χ1n) is 15.4. The van der Waals surface area contributed by atoms with Crippen molar-refractivity contribution < 1.29 is 4.79 Å². The molecule has 0 aromatic heterocycles. The van der Waals surface area contributed by atoms with Gasteiger partial charge >= 0.3 is 0 Å². The molecular weight excluding hydrogens is 621 g/mol. The van der Waals surface area contributed by atoms with Crippen LogP contribution in [0.3, 0.4) is 0 Å². The van der Waals surface area contributed by atoms with Gasteiger partial charge in [0.05, 0.1) is 0 Å². The number of nitrogens with two attached hydrogens (primary N) is 1. The highest BCUT2D eigenvalue weighted by Gasteiger charge is 2.20. The van der Waals surface area contributed by atoms with E-state index in [0.29, 0.717) is 15.6 Å². The van der Waals surface area contributed by atoms with Crippen molar-refractivity contribution in [3.63, 3.8) is 0 Å². The Hall–Kier alpha value is -4.77. The fourth-order valence-electron chi connectivity index (χ4n) is 5.62. The lowest BCUT2D eigenvalue weighted by Crippen LogP contribution is -2.15. The Balaban J connectivity index is 1.82. The molecule has 0 saturated heterocycles. The number of hydrogen-bond acceptors (Lipinski definition) is 3. The Labute approximate surface area is 288 Å². The molecule has 0 aliphatic carbocycles. The number of aryl methyl sites for hydroxylation is 1. The molecule has 5 aromatic rings. The molecular formula is C41H39Cl2N3O. The molecule has 0 atom stereocenters. The molecule has 0 fully saturated rings. The normalized spacial score (nSPS) is 12.5. The molecule has 0 spiro atoms. The number of anilines is 2. The van der Waals surface area contributed by atoms with Gasteiger partial charge in [0.1, 0.15) is 0 Å². The number of hydrogen-bond donors (Lipinski definition) is 1. The van der Waals surface area contributed by atoms with Crippen molar-refractivity contribution in [1.82, 2.24) is 0 Å². The summed E-state index contributed by atoms with van der Waals surface area (Å²) in [5, 5.41) is 1.32. The third-order valence-corrected chi connectivity index (χ3v) is 8.73. The van der Waals surface area contributed by atoms with E-state index in [2.05, 4.69) is 76.5 Å². The van der Waals surface area contributed by atoms with Crippen LogP contribution >= 0.6 is 23.2 Å². The number of carbonyl (C=O) groups is 1. The van der Waals surface area contributed by atoms with E-state index in [1.807, 2.05) is 95.8 Å². The summed E-state index contributed by atoms with van der Waals surface area (Å²) < 4.78 is 0. The summed E-state index contributed by atoms with van der Waals surface area (Å²) in [5.41, 5.74) is 16.6. The smallest absolute Gasteiger partial charge is 0.249 e. The summed E-state index contributed by atoms with van der Waals surface area (Å²) in [7, 11) is 8.10. The van der Waals surface area contributed by atoms with E-state index in [9.17, 15) is 4.79 Å². The fraction of sp³-hybridized carbons (Fsp3) is 0.146. The predicted octanol–water partition coefficient (Wildman–Crippen LogP) is 9.88. The van der Waals surface area contributed by atoms with Gasteiger partial charge in [0.15, 0.2) is 0 Å². The van der Waals surface area contributed by atoms with E-state index in [1.165, 1.54) is 0 Å². The largest absolute Gasteiger partial charge is 0.378 e. The van der Waals surface area contributed by atoms with Gasteiger partial charge in [-0.2, -0.15) is 0 Å². The van der Waals surface area contributed by atoms with E-state index in [1.54, 1.807) is 0 Å². The minimum absolute atomic E-state index is 0.351. The van der Waals surface area contributed by atoms with Gasteiger partial charge in [0.2, 0.25) is 5.91 Å². The van der Waals surface area contributed by atoms with Crippen LogP contribution in [0, 0.1) is 6.92 Å². The predicted molar refractivity (Wildman–Crippen MR) is 201 cm³/mol. The van der Waals surface area contributed by atoms with Gasteiger partial charge in [-0.3, -0.25) is 4.79 Å². The monoisotopic (exact) mass is 659 g/mol. The second kappa shape index (κ2) is 14.8. The molecule has 0 aliphatic rings. The van der Waals surface area contributed by atoms with Crippen molar-refractivity contribution in [1.29, 1.82) is 0 Å². The van der Waals surface area contributed by atoms with Crippen molar-refractivity contribution in [2.75, 3.05) is 38.0 Å². The molecule has 0 unspecified atom stereocenters. The van der Waals surface area contributed by atoms with Crippen LogP contribution in [-0.4, -0.2) is 34.1 Å². The van der Waals surface area contributed by atoms with E-state index in [-0.39, 0.29) is 5.92 Å². The summed E-state index contributed by atoms with van der Waals surface area (Å²) in [6.45, 7) is 2.03. The minimum atomic E-state index is -0.474. The first-order chi connectivity index (χ1) is 22.5. The number of benzene rings is 5. The number of halogens is 2. The van der Waals surface area contributed by atoms with Crippen LogP contribution in [0.4, 0.5) is 11.4 Å². The van der Waals surface area contributed by atoms with Crippen LogP contribution in [-0.2, 0) is 0 Å². The standard InChI is InChI=1S/C41H39Cl2N3O/c1-27-6-23-37(41(44)47)40(24-27)32(25-38(28-7-15-33(42)16-8-28)30-11-19-35(20-12-30)45(2)3)26-39(29-9-17-34(43)18-10-29)31-13-21-36(22-14-31)46(4)5/h6-26,32H,1-5H3,(H2,44,47). The third kappa shape index (κ3) is 8.15. The Bertz CT molecular complexity index is 1800. The highest BCUT2D eigenvalue weighted by atomic mass is 35.5. The van der Waals surface area contributed by atoms with E-state index < -0.39 is 5.91 Å². The first kappa shape index (κ1) is 33.6. The molecule has 0 radical (unpaired) electrons. The maximum absolute atomic E-state index is 12.9. The van der Waals surface area contributed by atoms with Crippen molar-refractivity contribution in [3.8, 4) is 0 Å². The number of primary amides is 1. The van der Waals surface area contributed by atoms with Gasteiger partial charge in [-0.05, 0) is 100 Å². The molecule has 4 nitrogen and oxygen atoms in total. The van der Waals surface area contributed by atoms with Crippen LogP contribution in [0.2, 0.25) is 10.0 Å². The van der Waals surface area contributed by atoms with Crippen molar-refractivity contribution in [3.05, 3.63) is 176 Å². The number of allylic oxidation sites excluding steroid dienone is 2. The second-order valence-corrected chi connectivity index (χ2v) is 12.9. The lowest BCUT2D eigenvalue weighted by Gasteiger charge is -2.21. The highest BCUT2D eigenvalue weighted by molar-refractivity contribution is 6.30. The van der Waals surface area contributed by atoms with Crippen LogP contribution in [0.5, 0.6) is 0 Å². The van der Waals surface area contributed by atoms with E-state index in [0.717, 1.165) is 55.9 Å². The van der Waals surface area contributed by atoms with Crippen molar-refractivity contribution in [2.45, 2.75) is 12.8 Å². The zero-order chi connectivity index (χ0) is 33.7. The number of nitrogens with zero attached hydrogens (tertiary/aromatic N) is 2. The Morgan fingerprint density at radius 3 is 1.30 bits per heavy atom. The zero-order valence-corrected chi connectivity index (χ0v) is 28.8. The van der Waals surface area contributed by atoms with Crippen molar-refractivity contribution in [2.24, 2.45) is 5.73 Å². The summed E-state index contributed by atoms with van der Waals surface area (Å²) in [4.78, 5) is 17.1. The van der Waals surface area contributed by atoms with Gasteiger partial charge < -0.3 is 15.5 Å². The number of rotatable bonds is 10. The topological polar surface area (TPSA) is 49.6 Å². The molecule has 5 aromatic carbocycles. The van der Waals surface area contributed by atoms with Crippen LogP contribution in [0.15, 0.2) is 127 Å². The van der Waals surface area contributed by atoms with Crippen LogP contribution in [0.1, 0.15) is 49.7 Å². The Morgan fingerprint density at radius 2 is 0.957 bits per heavy atom. The Kier molecular flexibility index (Phi) is 10.6. The van der Waals surface area contributed by atoms with Crippen LogP contribution in [0.25, 0.3) is 11.1 Å². The van der Waals surface area contributed by atoms with E-state index >= 15 is 0 Å². The second-order valence-electron chi connectivity index (χ2n) is 12.0. The molecule has 47 heavy (non-hydrogen) atoms. The van der Waals surface area contributed by atoms with E-state index in [4.69, 9.17) is 28.9 Å². The maximum atomic E-state index is 12.9. The SMILES string of the molecule is Cc1ccc(C(N)=O)c(C(C=C(c2ccc(Cl)cc2)c2ccc(N(C)C)cc2)C=C(c2ccc(Cl)cc2)c2ccc(N(C)C)cc2)c1. The maximum Gasteiger partial charge on any atom is 0.249 e.